The number of rotatable bonds is 4. The van der Waals surface area contributed by atoms with Crippen LogP contribution in [0.15, 0.2) is 30.3 Å². The van der Waals surface area contributed by atoms with Gasteiger partial charge in [-0.05, 0) is 19.2 Å². The highest BCUT2D eigenvalue weighted by molar-refractivity contribution is 7.90. The van der Waals surface area contributed by atoms with E-state index in [2.05, 4.69) is 5.32 Å². The number of likely N-dealkylation sites (N-methyl/N-ethyl adjacent to an activating group) is 1. The normalized spacial score (nSPS) is 19.7. The summed E-state index contributed by atoms with van der Waals surface area (Å²) in [7, 11) is -1.51. The van der Waals surface area contributed by atoms with E-state index < -0.39 is 10.2 Å². The first-order chi connectivity index (χ1) is 8.16. The summed E-state index contributed by atoms with van der Waals surface area (Å²) in [5, 5.41) is 2.96. The van der Waals surface area contributed by atoms with E-state index >= 15 is 0 Å². The third-order valence-electron chi connectivity index (χ3n) is 2.81. The predicted octanol–water partition coefficient (Wildman–Crippen LogP) is 0.273. The average molecular weight is 255 g/mol. The lowest BCUT2D eigenvalue weighted by Crippen LogP contribution is -2.36. The zero-order valence-corrected chi connectivity index (χ0v) is 10.7. The molecule has 1 aromatic carbocycles. The van der Waals surface area contributed by atoms with Gasteiger partial charge in [-0.15, -0.1) is 0 Å². The molecule has 0 atom stereocenters. The first kappa shape index (κ1) is 12.3. The van der Waals surface area contributed by atoms with E-state index in [0.29, 0.717) is 26.2 Å². The van der Waals surface area contributed by atoms with Crippen LogP contribution < -0.4 is 9.62 Å². The molecule has 5 nitrogen and oxygen atoms in total. The fourth-order valence-electron chi connectivity index (χ4n) is 1.89. The lowest BCUT2D eigenvalue weighted by Gasteiger charge is -2.19. The highest BCUT2D eigenvalue weighted by Crippen LogP contribution is 2.24. The van der Waals surface area contributed by atoms with Gasteiger partial charge >= 0.3 is 10.2 Å². The van der Waals surface area contributed by atoms with E-state index in [4.69, 9.17) is 0 Å². The summed E-state index contributed by atoms with van der Waals surface area (Å²) < 4.78 is 27.4. The summed E-state index contributed by atoms with van der Waals surface area (Å²) in [4.78, 5) is 0. The van der Waals surface area contributed by atoms with Crippen molar-refractivity contribution in [1.29, 1.82) is 0 Å². The fourth-order valence-corrected chi connectivity index (χ4v) is 3.51. The molecule has 1 aliphatic heterocycles. The largest absolute Gasteiger partial charge is 0.318 e. The monoisotopic (exact) mass is 255 g/mol. The molecule has 1 heterocycles. The minimum atomic E-state index is -3.33. The van der Waals surface area contributed by atoms with Crippen LogP contribution >= 0.6 is 0 Å². The van der Waals surface area contributed by atoms with E-state index in [1.54, 1.807) is 0 Å². The third-order valence-corrected chi connectivity index (χ3v) is 4.78. The van der Waals surface area contributed by atoms with Crippen LogP contribution in [0, 0.1) is 0 Å². The van der Waals surface area contributed by atoms with Crippen molar-refractivity contribution < 1.29 is 8.42 Å². The summed E-state index contributed by atoms with van der Waals surface area (Å²) in [6.45, 7) is 2.26. The topological polar surface area (TPSA) is 52.6 Å². The molecule has 0 amide bonds. The van der Waals surface area contributed by atoms with Crippen molar-refractivity contribution in [3.05, 3.63) is 30.3 Å². The van der Waals surface area contributed by atoms with Gasteiger partial charge in [0.05, 0.1) is 5.69 Å². The molecule has 0 saturated carbocycles. The van der Waals surface area contributed by atoms with Crippen LogP contribution in [0.4, 0.5) is 5.69 Å². The van der Waals surface area contributed by atoms with E-state index in [1.807, 2.05) is 37.4 Å². The number of nitrogens with zero attached hydrogens (tertiary/aromatic N) is 2. The van der Waals surface area contributed by atoms with Crippen LogP contribution in [0.1, 0.15) is 0 Å². The lowest BCUT2D eigenvalue weighted by atomic mass is 10.3. The second kappa shape index (κ2) is 5.03. The van der Waals surface area contributed by atoms with Gasteiger partial charge in [0.25, 0.3) is 0 Å². The number of para-hydroxylation sites is 1. The standard InChI is InChI=1S/C11H17N3O2S/c1-12-7-8-13-9-10-14(17(13,15)16)11-5-3-2-4-6-11/h2-6,12H,7-10H2,1H3. The molecule has 6 heteroatoms. The van der Waals surface area contributed by atoms with Crippen LogP contribution in [-0.4, -0.2) is 45.9 Å². The van der Waals surface area contributed by atoms with Crippen molar-refractivity contribution in [2.24, 2.45) is 0 Å². The zero-order chi connectivity index (χ0) is 12.3. The van der Waals surface area contributed by atoms with E-state index in [1.165, 1.54) is 8.61 Å². The van der Waals surface area contributed by atoms with Crippen molar-refractivity contribution in [3.8, 4) is 0 Å². The fraction of sp³-hybridized carbons (Fsp3) is 0.455. The molecule has 0 spiro atoms. The maximum atomic E-state index is 12.2. The molecule has 1 N–H and O–H groups in total. The van der Waals surface area contributed by atoms with Gasteiger partial charge in [0.1, 0.15) is 0 Å². The number of anilines is 1. The lowest BCUT2D eigenvalue weighted by molar-refractivity contribution is 0.447. The molecule has 0 aromatic heterocycles. The summed E-state index contributed by atoms with van der Waals surface area (Å²) in [5.41, 5.74) is 0.736. The highest BCUT2D eigenvalue weighted by Gasteiger charge is 2.35. The maximum absolute atomic E-state index is 12.2. The second-order valence-electron chi connectivity index (χ2n) is 3.92. The summed E-state index contributed by atoms with van der Waals surface area (Å²) in [5.74, 6) is 0. The van der Waals surface area contributed by atoms with Crippen LogP contribution in [0.5, 0.6) is 0 Å². The maximum Gasteiger partial charge on any atom is 0.304 e. The molecule has 1 fully saturated rings. The highest BCUT2D eigenvalue weighted by atomic mass is 32.2. The second-order valence-corrected chi connectivity index (χ2v) is 5.77. The number of benzene rings is 1. The van der Waals surface area contributed by atoms with Gasteiger partial charge in [-0.3, -0.25) is 4.31 Å². The SMILES string of the molecule is CNCCN1CCN(c2ccccc2)S1(=O)=O. The Morgan fingerprint density at radius 1 is 1.24 bits per heavy atom. The molecule has 0 radical (unpaired) electrons. The Morgan fingerprint density at radius 3 is 2.59 bits per heavy atom. The molecular weight excluding hydrogens is 238 g/mol. The van der Waals surface area contributed by atoms with Crippen LogP contribution in [-0.2, 0) is 10.2 Å². The van der Waals surface area contributed by atoms with Gasteiger partial charge in [0.15, 0.2) is 0 Å². The van der Waals surface area contributed by atoms with Gasteiger partial charge in [0.2, 0.25) is 0 Å². The van der Waals surface area contributed by atoms with Crippen LogP contribution in [0.25, 0.3) is 0 Å². The number of hydrogen-bond donors (Lipinski definition) is 1. The zero-order valence-electron chi connectivity index (χ0n) is 9.83. The van der Waals surface area contributed by atoms with Crippen LogP contribution in [0.3, 0.4) is 0 Å². The van der Waals surface area contributed by atoms with E-state index in [9.17, 15) is 8.42 Å². The molecule has 1 saturated heterocycles. The van der Waals surface area contributed by atoms with E-state index in [0.717, 1.165) is 5.69 Å². The van der Waals surface area contributed by atoms with Crippen molar-refractivity contribution in [2.75, 3.05) is 37.5 Å². The van der Waals surface area contributed by atoms with Gasteiger partial charge in [-0.25, -0.2) is 0 Å². The summed E-state index contributed by atoms with van der Waals surface area (Å²) >= 11 is 0. The molecule has 0 unspecified atom stereocenters. The summed E-state index contributed by atoms with van der Waals surface area (Å²) in [6, 6.07) is 9.21. The van der Waals surface area contributed by atoms with Gasteiger partial charge in [-0.2, -0.15) is 12.7 Å². The van der Waals surface area contributed by atoms with Crippen molar-refractivity contribution in [3.63, 3.8) is 0 Å². The minimum Gasteiger partial charge on any atom is -0.318 e. The molecule has 17 heavy (non-hydrogen) atoms. The van der Waals surface area contributed by atoms with Crippen LogP contribution in [0.2, 0.25) is 0 Å². The Bertz CT molecular complexity index is 461. The van der Waals surface area contributed by atoms with Crippen molar-refractivity contribution in [1.82, 2.24) is 9.62 Å². The van der Waals surface area contributed by atoms with Gasteiger partial charge in [-0.1, -0.05) is 18.2 Å². The average Bonchev–Trinajstić information content (AvgIpc) is 2.63. The van der Waals surface area contributed by atoms with Gasteiger partial charge < -0.3 is 5.32 Å². The first-order valence-corrected chi connectivity index (χ1v) is 7.03. The quantitative estimate of drug-likeness (QED) is 0.840. The Kier molecular flexibility index (Phi) is 3.66. The van der Waals surface area contributed by atoms with Gasteiger partial charge in [0, 0.05) is 26.2 Å². The molecular formula is C11H17N3O2S. The van der Waals surface area contributed by atoms with Crippen molar-refractivity contribution in [2.45, 2.75) is 0 Å². The predicted molar refractivity (Wildman–Crippen MR) is 68.2 cm³/mol. The molecule has 0 aliphatic carbocycles. The number of hydrogen-bond acceptors (Lipinski definition) is 3. The molecule has 1 aromatic rings. The third kappa shape index (κ3) is 2.43. The molecule has 1 aliphatic rings. The Morgan fingerprint density at radius 2 is 1.94 bits per heavy atom. The smallest absolute Gasteiger partial charge is 0.304 e. The first-order valence-electron chi connectivity index (χ1n) is 5.64. The Labute approximate surface area is 102 Å². The molecule has 0 bridgehead atoms. The molecule has 94 valence electrons. The number of nitrogens with one attached hydrogen (secondary N) is 1. The Balaban J connectivity index is 2.18. The van der Waals surface area contributed by atoms with E-state index in [-0.39, 0.29) is 0 Å². The van der Waals surface area contributed by atoms with Crippen molar-refractivity contribution >= 4 is 15.9 Å². The molecule has 2 rings (SSSR count). The summed E-state index contributed by atoms with van der Waals surface area (Å²) in [6.07, 6.45) is 0. The Hall–Kier alpha value is -1.11. The minimum absolute atomic E-state index is 0.516.